The number of hydrogen-bond donors (Lipinski definition) is 1. The second-order valence-electron chi connectivity index (χ2n) is 8.67. The van der Waals surface area contributed by atoms with E-state index >= 15 is 0 Å². The first-order valence-corrected chi connectivity index (χ1v) is 11.5. The van der Waals surface area contributed by atoms with Crippen molar-refractivity contribution >= 4 is 23.3 Å². The van der Waals surface area contributed by atoms with Crippen molar-refractivity contribution in [2.45, 2.75) is 58.0 Å². The number of carbonyl (C=O) groups excluding carboxylic acids is 2. The topological polar surface area (TPSA) is 67.9 Å². The molecule has 1 N–H and O–H groups in total. The second-order valence-corrected chi connectivity index (χ2v) is 8.67. The zero-order valence-electron chi connectivity index (χ0n) is 19.1. The summed E-state index contributed by atoms with van der Waals surface area (Å²) in [5.74, 6) is 0.217. The van der Waals surface area contributed by atoms with Crippen LogP contribution in [0.5, 0.6) is 0 Å². The van der Waals surface area contributed by atoms with Crippen LogP contribution in [0, 0.1) is 0 Å². The van der Waals surface area contributed by atoms with Gasteiger partial charge in [-0.05, 0) is 80.5 Å². The summed E-state index contributed by atoms with van der Waals surface area (Å²) in [6, 6.07) is 14.1. The highest BCUT2D eigenvalue weighted by molar-refractivity contribution is 5.96. The quantitative estimate of drug-likeness (QED) is 0.664. The van der Waals surface area contributed by atoms with E-state index in [2.05, 4.69) is 36.5 Å². The molecule has 6 heteroatoms. The second kappa shape index (κ2) is 9.74. The molecule has 2 aliphatic rings. The summed E-state index contributed by atoms with van der Waals surface area (Å²) in [5.41, 5.74) is 4.67. The van der Waals surface area contributed by atoms with Crippen LogP contribution in [0.15, 0.2) is 42.5 Å². The monoisotopic (exact) mass is 436 g/mol. The number of carbonyl (C=O) groups is 2. The Bertz CT molecular complexity index is 966. The number of benzene rings is 2. The van der Waals surface area contributed by atoms with E-state index in [4.69, 9.17) is 9.47 Å². The third-order valence-electron chi connectivity index (χ3n) is 6.47. The molecule has 0 saturated carbocycles. The third kappa shape index (κ3) is 4.65. The van der Waals surface area contributed by atoms with Crippen LogP contribution >= 0.6 is 0 Å². The number of ether oxygens (including phenoxy) is 2. The van der Waals surface area contributed by atoms with E-state index in [0.29, 0.717) is 18.1 Å². The molecule has 1 saturated heterocycles. The Kier molecular flexibility index (Phi) is 6.80. The van der Waals surface area contributed by atoms with E-state index in [9.17, 15) is 9.59 Å². The molecular weight excluding hydrogens is 404 g/mol. The summed E-state index contributed by atoms with van der Waals surface area (Å²) in [4.78, 5) is 26.5. The van der Waals surface area contributed by atoms with Crippen LogP contribution in [-0.4, -0.2) is 37.7 Å². The number of anilines is 2. The largest absolute Gasteiger partial charge is 0.462 e. The van der Waals surface area contributed by atoms with Crippen molar-refractivity contribution in [2.75, 3.05) is 30.0 Å². The number of nitrogens with zero attached hydrogens (tertiary/aromatic N) is 1. The number of amides is 1. The van der Waals surface area contributed by atoms with Gasteiger partial charge in [-0.2, -0.15) is 0 Å². The lowest BCUT2D eigenvalue weighted by atomic mass is 9.89. The molecule has 2 unspecified atom stereocenters. The van der Waals surface area contributed by atoms with Crippen molar-refractivity contribution in [2.24, 2.45) is 0 Å². The Balaban J connectivity index is 1.60. The van der Waals surface area contributed by atoms with E-state index in [1.54, 1.807) is 19.9 Å². The lowest BCUT2D eigenvalue weighted by Crippen LogP contribution is -2.43. The molecule has 4 rings (SSSR count). The number of nitrogens with one attached hydrogen (secondary N) is 1. The van der Waals surface area contributed by atoms with Gasteiger partial charge in [-0.3, -0.25) is 4.79 Å². The number of rotatable bonds is 5. The van der Waals surface area contributed by atoms with Gasteiger partial charge in [-0.15, -0.1) is 0 Å². The Morgan fingerprint density at radius 2 is 1.84 bits per heavy atom. The molecule has 1 amide bonds. The minimum atomic E-state index is -0.345. The van der Waals surface area contributed by atoms with Gasteiger partial charge in [0, 0.05) is 37.6 Å². The predicted molar refractivity (Wildman–Crippen MR) is 125 cm³/mol. The van der Waals surface area contributed by atoms with Gasteiger partial charge in [0.25, 0.3) is 0 Å². The number of fused-ring (bicyclic) bond motifs is 1. The van der Waals surface area contributed by atoms with Crippen molar-refractivity contribution in [3.63, 3.8) is 0 Å². The zero-order chi connectivity index (χ0) is 22.7. The molecule has 2 aromatic carbocycles. The van der Waals surface area contributed by atoms with Gasteiger partial charge in [0.2, 0.25) is 5.91 Å². The zero-order valence-corrected chi connectivity index (χ0v) is 19.1. The highest BCUT2D eigenvalue weighted by Crippen LogP contribution is 2.40. The van der Waals surface area contributed by atoms with Gasteiger partial charge in [-0.1, -0.05) is 12.1 Å². The molecule has 0 radical (unpaired) electrons. The summed E-state index contributed by atoms with van der Waals surface area (Å²) >= 11 is 0. The van der Waals surface area contributed by atoms with Crippen molar-refractivity contribution in [1.82, 2.24) is 0 Å². The first-order valence-electron chi connectivity index (χ1n) is 11.5. The molecule has 32 heavy (non-hydrogen) atoms. The highest BCUT2D eigenvalue weighted by Gasteiger charge is 2.33. The minimum absolute atomic E-state index is 0.00176. The van der Waals surface area contributed by atoms with Crippen LogP contribution in [0.4, 0.5) is 11.4 Å². The van der Waals surface area contributed by atoms with Gasteiger partial charge < -0.3 is 19.7 Å². The van der Waals surface area contributed by atoms with Crippen LogP contribution in [0.2, 0.25) is 0 Å². The van der Waals surface area contributed by atoms with Crippen molar-refractivity contribution in [3.05, 3.63) is 59.2 Å². The average Bonchev–Trinajstić information content (AvgIpc) is 2.80. The Hall–Kier alpha value is -2.86. The molecule has 1 fully saturated rings. The summed E-state index contributed by atoms with van der Waals surface area (Å²) in [6.07, 6.45) is 2.89. The summed E-state index contributed by atoms with van der Waals surface area (Å²) in [6.45, 7) is 7.43. The molecule has 0 bridgehead atoms. The molecule has 170 valence electrons. The SMILES string of the molecule is CCOC(=O)c1ccc2c(c1)C(Nc1ccc(C3CCOCC3)cc1)CC(C)N2C(C)=O. The lowest BCUT2D eigenvalue weighted by Gasteiger charge is -2.39. The molecule has 0 spiro atoms. The maximum absolute atomic E-state index is 12.4. The first-order chi connectivity index (χ1) is 15.5. The molecule has 0 aliphatic carbocycles. The normalized spacial score (nSPS) is 21.0. The summed E-state index contributed by atoms with van der Waals surface area (Å²) in [7, 11) is 0. The number of hydrogen-bond acceptors (Lipinski definition) is 5. The maximum atomic E-state index is 12.4. The van der Waals surface area contributed by atoms with Crippen LogP contribution in [-0.2, 0) is 14.3 Å². The smallest absolute Gasteiger partial charge is 0.338 e. The summed E-state index contributed by atoms with van der Waals surface area (Å²) < 4.78 is 10.7. The minimum Gasteiger partial charge on any atom is -0.462 e. The first kappa shape index (κ1) is 22.3. The van der Waals surface area contributed by atoms with E-state index in [1.165, 1.54) is 5.56 Å². The molecule has 2 heterocycles. The molecule has 0 aromatic heterocycles. The van der Waals surface area contributed by atoms with Gasteiger partial charge in [0.15, 0.2) is 0 Å². The van der Waals surface area contributed by atoms with Gasteiger partial charge in [0.1, 0.15) is 0 Å². The van der Waals surface area contributed by atoms with Gasteiger partial charge >= 0.3 is 5.97 Å². The fourth-order valence-electron chi connectivity index (χ4n) is 4.91. The van der Waals surface area contributed by atoms with Gasteiger partial charge in [-0.25, -0.2) is 4.79 Å². The van der Waals surface area contributed by atoms with E-state index in [-0.39, 0.29) is 24.0 Å². The Morgan fingerprint density at radius 3 is 2.50 bits per heavy atom. The molecule has 2 atom stereocenters. The molecule has 6 nitrogen and oxygen atoms in total. The van der Waals surface area contributed by atoms with E-state index in [1.807, 2.05) is 17.0 Å². The molecular formula is C26H32N2O4. The predicted octanol–water partition coefficient (Wildman–Crippen LogP) is 5.06. The highest BCUT2D eigenvalue weighted by atomic mass is 16.5. The van der Waals surface area contributed by atoms with Crippen molar-refractivity contribution in [1.29, 1.82) is 0 Å². The van der Waals surface area contributed by atoms with Crippen LogP contribution in [0.25, 0.3) is 0 Å². The standard InChI is InChI=1S/C26H32N2O4/c1-4-32-26(30)21-7-10-25-23(16-21)24(15-17(2)28(25)18(3)29)27-22-8-5-19(6-9-22)20-11-13-31-14-12-20/h5-10,16-17,20,24,27H,4,11-15H2,1-3H3. The molecule has 2 aliphatic heterocycles. The van der Waals surface area contributed by atoms with E-state index < -0.39 is 0 Å². The average molecular weight is 437 g/mol. The van der Waals surface area contributed by atoms with Crippen molar-refractivity contribution in [3.8, 4) is 0 Å². The van der Waals surface area contributed by atoms with Crippen molar-refractivity contribution < 1.29 is 19.1 Å². The Morgan fingerprint density at radius 1 is 1.12 bits per heavy atom. The maximum Gasteiger partial charge on any atom is 0.338 e. The number of esters is 1. The molecule has 2 aromatic rings. The van der Waals surface area contributed by atoms with Gasteiger partial charge in [0.05, 0.1) is 18.2 Å². The fraction of sp³-hybridized carbons (Fsp3) is 0.462. The third-order valence-corrected chi connectivity index (χ3v) is 6.47. The van der Waals surface area contributed by atoms with E-state index in [0.717, 1.165) is 49.4 Å². The lowest BCUT2D eigenvalue weighted by molar-refractivity contribution is -0.117. The van der Waals surface area contributed by atoms with Crippen LogP contribution in [0.3, 0.4) is 0 Å². The summed E-state index contributed by atoms with van der Waals surface area (Å²) in [5, 5.41) is 3.64. The Labute approximate surface area is 189 Å². The van der Waals surface area contributed by atoms with Crippen LogP contribution in [0.1, 0.15) is 73.5 Å². The fourth-order valence-corrected chi connectivity index (χ4v) is 4.91. The van der Waals surface area contributed by atoms with Crippen LogP contribution < -0.4 is 10.2 Å².